The smallest absolute Gasteiger partial charge is 0.359 e. The third kappa shape index (κ3) is 3.61. The zero-order valence-electron chi connectivity index (χ0n) is 14.1. The lowest BCUT2D eigenvalue weighted by atomic mass is 10.1. The molecule has 0 aliphatic heterocycles. The number of rotatable bonds is 6. The summed E-state index contributed by atoms with van der Waals surface area (Å²) in [6.45, 7) is -0.217. The van der Waals surface area contributed by atoms with Gasteiger partial charge in [-0.05, 0) is 6.07 Å². The highest BCUT2D eigenvalue weighted by atomic mass is 16.5. The fourth-order valence-electron chi connectivity index (χ4n) is 2.59. The van der Waals surface area contributed by atoms with Crippen LogP contribution in [0.4, 0.5) is 0 Å². The third-order valence-electron chi connectivity index (χ3n) is 3.87. The Bertz CT molecular complexity index is 963. The van der Waals surface area contributed by atoms with Crippen LogP contribution in [-0.4, -0.2) is 41.1 Å². The van der Waals surface area contributed by atoms with E-state index in [1.54, 1.807) is 48.5 Å². The number of carbonyl (C=O) groups is 3. The van der Waals surface area contributed by atoms with Crippen molar-refractivity contribution in [1.82, 2.24) is 15.1 Å². The van der Waals surface area contributed by atoms with E-state index in [2.05, 4.69) is 10.4 Å². The largest absolute Gasteiger partial charge is 0.464 e. The number of hydrogen-bond donors (Lipinski definition) is 1. The van der Waals surface area contributed by atoms with Crippen molar-refractivity contribution in [3.63, 3.8) is 0 Å². The van der Waals surface area contributed by atoms with Crippen molar-refractivity contribution in [3.8, 4) is 0 Å². The molecule has 0 saturated heterocycles. The summed E-state index contributed by atoms with van der Waals surface area (Å²) in [6.07, 6.45) is 0. The Morgan fingerprint density at radius 3 is 2.46 bits per heavy atom. The van der Waals surface area contributed by atoms with Gasteiger partial charge < -0.3 is 10.1 Å². The molecule has 0 saturated carbocycles. The SMILES string of the molecule is COC(=O)c1nn(CC(=O)NCC(=O)c2ccccc2)c2ccccc12. The van der Waals surface area contributed by atoms with Gasteiger partial charge in [-0.2, -0.15) is 5.10 Å². The number of carbonyl (C=O) groups excluding carboxylic acids is 3. The summed E-state index contributed by atoms with van der Waals surface area (Å²) in [5, 5.41) is 7.37. The van der Waals surface area contributed by atoms with E-state index in [0.717, 1.165) is 0 Å². The zero-order chi connectivity index (χ0) is 18.5. The van der Waals surface area contributed by atoms with Gasteiger partial charge in [0, 0.05) is 10.9 Å². The molecule has 2 aromatic carbocycles. The standard InChI is InChI=1S/C19H17N3O4/c1-26-19(25)18-14-9-5-6-10-15(14)22(21-18)12-17(24)20-11-16(23)13-7-3-2-4-8-13/h2-10H,11-12H2,1H3,(H,20,24). The van der Waals surface area contributed by atoms with Gasteiger partial charge in [-0.15, -0.1) is 0 Å². The molecule has 0 spiro atoms. The van der Waals surface area contributed by atoms with Crippen LogP contribution in [0.15, 0.2) is 54.6 Å². The van der Waals surface area contributed by atoms with Gasteiger partial charge in [-0.1, -0.05) is 48.5 Å². The Kier molecular flexibility index (Phi) is 5.07. The normalized spacial score (nSPS) is 10.5. The minimum Gasteiger partial charge on any atom is -0.464 e. The van der Waals surface area contributed by atoms with Crippen molar-refractivity contribution in [2.24, 2.45) is 0 Å². The number of nitrogens with one attached hydrogen (secondary N) is 1. The number of methoxy groups -OCH3 is 1. The number of amides is 1. The van der Waals surface area contributed by atoms with Gasteiger partial charge in [0.25, 0.3) is 0 Å². The number of fused-ring (bicyclic) bond motifs is 1. The quantitative estimate of drug-likeness (QED) is 0.540. The van der Waals surface area contributed by atoms with E-state index >= 15 is 0 Å². The molecular weight excluding hydrogens is 334 g/mol. The molecule has 0 aliphatic carbocycles. The predicted octanol–water partition coefficient (Wildman–Crippen LogP) is 1.82. The number of Topliss-reactive ketones (excluding diaryl/α,β-unsaturated/α-hetero) is 1. The number of para-hydroxylation sites is 1. The van der Waals surface area contributed by atoms with Crippen LogP contribution in [-0.2, 0) is 16.1 Å². The van der Waals surface area contributed by atoms with Crippen LogP contribution in [0.1, 0.15) is 20.8 Å². The molecule has 0 radical (unpaired) electrons. The summed E-state index contributed by atoms with van der Waals surface area (Å²) >= 11 is 0. The van der Waals surface area contributed by atoms with E-state index in [1.165, 1.54) is 11.8 Å². The average Bonchev–Trinajstić information content (AvgIpc) is 3.05. The summed E-state index contributed by atoms with van der Waals surface area (Å²) in [6, 6.07) is 15.8. The van der Waals surface area contributed by atoms with Gasteiger partial charge in [0.15, 0.2) is 11.5 Å². The second kappa shape index (κ2) is 7.60. The fourth-order valence-corrected chi connectivity index (χ4v) is 2.59. The summed E-state index contributed by atoms with van der Waals surface area (Å²) in [4.78, 5) is 36.1. The molecule has 7 heteroatoms. The summed E-state index contributed by atoms with van der Waals surface area (Å²) in [5.41, 5.74) is 1.32. The van der Waals surface area contributed by atoms with Crippen LogP contribution in [0.2, 0.25) is 0 Å². The molecule has 26 heavy (non-hydrogen) atoms. The van der Waals surface area contributed by atoms with Crippen molar-refractivity contribution in [1.29, 1.82) is 0 Å². The zero-order valence-corrected chi connectivity index (χ0v) is 14.1. The van der Waals surface area contributed by atoms with Crippen LogP contribution in [0.25, 0.3) is 10.9 Å². The van der Waals surface area contributed by atoms with Crippen LogP contribution in [0.5, 0.6) is 0 Å². The van der Waals surface area contributed by atoms with Gasteiger partial charge in [0.05, 0.1) is 19.2 Å². The van der Waals surface area contributed by atoms with Crippen molar-refractivity contribution in [3.05, 3.63) is 65.9 Å². The first-order chi connectivity index (χ1) is 12.6. The fraction of sp³-hybridized carbons (Fsp3) is 0.158. The summed E-state index contributed by atoms with van der Waals surface area (Å²) in [7, 11) is 1.28. The lowest BCUT2D eigenvalue weighted by Gasteiger charge is -2.06. The maximum absolute atomic E-state index is 12.2. The Balaban J connectivity index is 1.71. The highest BCUT2D eigenvalue weighted by Crippen LogP contribution is 2.19. The maximum atomic E-state index is 12.2. The number of aromatic nitrogens is 2. The third-order valence-corrected chi connectivity index (χ3v) is 3.87. The molecular formula is C19H17N3O4. The predicted molar refractivity (Wildman–Crippen MR) is 94.9 cm³/mol. The van der Waals surface area contributed by atoms with Crippen molar-refractivity contribution in [2.45, 2.75) is 6.54 Å². The van der Waals surface area contributed by atoms with Crippen molar-refractivity contribution in [2.75, 3.05) is 13.7 Å². The molecule has 1 N–H and O–H groups in total. The maximum Gasteiger partial charge on any atom is 0.359 e. The number of nitrogens with zero attached hydrogens (tertiary/aromatic N) is 2. The molecule has 3 rings (SSSR count). The van der Waals surface area contributed by atoms with E-state index in [9.17, 15) is 14.4 Å². The molecule has 1 amide bonds. The molecule has 1 heterocycles. The molecule has 0 bridgehead atoms. The van der Waals surface area contributed by atoms with Gasteiger partial charge in [-0.3, -0.25) is 14.3 Å². The molecule has 1 aromatic heterocycles. The number of ketones is 1. The number of hydrogen-bond acceptors (Lipinski definition) is 5. The number of esters is 1. The molecule has 0 atom stereocenters. The topological polar surface area (TPSA) is 90.3 Å². The van der Waals surface area contributed by atoms with E-state index in [4.69, 9.17) is 4.74 Å². The highest BCUT2D eigenvalue weighted by Gasteiger charge is 2.18. The Labute approximate surface area is 149 Å². The lowest BCUT2D eigenvalue weighted by Crippen LogP contribution is -2.32. The minimum absolute atomic E-state index is 0.105. The monoisotopic (exact) mass is 351 g/mol. The Morgan fingerprint density at radius 2 is 1.73 bits per heavy atom. The van der Waals surface area contributed by atoms with E-state index in [-0.39, 0.29) is 30.5 Å². The molecule has 0 fully saturated rings. The first-order valence-corrected chi connectivity index (χ1v) is 7.99. The van der Waals surface area contributed by atoms with E-state index in [0.29, 0.717) is 16.5 Å². The molecule has 132 valence electrons. The lowest BCUT2D eigenvalue weighted by molar-refractivity contribution is -0.121. The molecule has 0 unspecified atom stereocenters. The Morgan fingerprint density at radius 1 is 1.04 bits per heavy atom. The summed E-state index contributed by atoms with van der Waals surface area (Å²) < 4.78 is 6.15. The number of ether oxygens (including phenoxy) is 1. The second-order valence-electron chi connectivity index (χ2n) is 5.58. The first kappa shape index (κ1) is 17.3. The van der Waals surface area contributed by atoms with Crippen molar-refractivity contribution < 1.29 is 19.1 Å². The van der Waals surface area contributed by atoms with Crippen LogP contribution in [0, 0.1) is 0 Å². The van der Waals surface area contributed by atoms with Gasteiger partial charge >= 0.3 is 5.97 Å². The van der Waals surface area contributed by atoms with Gasteiger partial charge in [-0.25, -0.2) is 4.79 Å². The van der Waals surface area contributed by atoms with Crippen LogP contribution >= 0.6 is 0 Å². The van der Waals surface area contributed by atoms with E-state index < -0.39 is 5.97 Å². The minimum atomic E-state index is -0.570. The van der Waals surface area contributed by atoms with Gasteiger partial charge in [0.1, 0.15) is 6.54 Å². The van der Waals surface area contributed by atoms with E-state index in [1.807, 2.05) is 6.07 Å². The average molecular weight is 351 g/mol. The van der Waals surface area contributed by atoms with Crippen LogP contribution in [0.3, 0.4) is 0 Å². The molecule has 7 nitrogen and oxygen atoms in total. The number of benzene rings is 2. The van der Waals surface area contributed by atoms with Crippen LogP contribution < -0.4 is 5.32 Å². The summed E-state index contributed by atoms with van der Waals surface area (Å²) in [5.74, 6) is -1.13. The highest BCUT2D eigenvalue weighted by molar-refractivity contribution is 6.02. The first-order valence-electron chi connectivity index (χ1n) is 7.99. The Hall–Kier alpha value is -3.48. The second-order valence-corrected chi connectivity index (χ2v) is 5.58. The molecule has 0 aliphatic rings. The van der Waals surface area contributed by atoms with Gasteiger partial charge in [0.2, 0.25) is 5.91 Å². The van der Waals surface area contributed by atoms with Crippen molar-refractivity contribution >= 4 is 28.6 Å². The molecule has 3 aromatic rings.